The molecule has 1 aliphatic rings. The Morgan fingerprint density at radius 3 is 2.08 bits per heavy atom. The SMILES string of the molecule is [2H]c1c([2H])c([2H])c(-c2nc(-c3cccc4c3-c3cc5ccccc5cc3C4(C)C)cc(-c3c([2H])c([2H])c(-c4c([2H])c([2H])c5oc6c([2H])c([2H])c([2H])c([2H])c6c5c4[2H])c([2H])c3[2H])n2)c([2H])c1[2H]. The van der Waals surface area contributed by atoms with Gasteiger partial charge in [0.2, 0.25) is 0 Å². The smallest absolute Gasteiger partial charge is 0.160 e. The second kappa shape index (κ2) is 10.8. The molecule has 3 nitrogen and oxygen atoms in total. The number of fused-ring (bicyclic) bond motifs is 7. The van der Waals surface area contributed by atoms with Crippen molar-refractivity contribution >= 4 is 32.7 Å². The molecular formula is C47H32N2O. The summed E-state index contributed by atoms with van der Waals surface area (Å²) < 4.78 is 147. The van der Waals surface area contributed by atoms with Gasteiger partial charge in [0.15, 0.2) is 5.82 Å². The van der Waals surface area contributed by atoms with E-state index in [1.165, 1.54) is 6.07 Å². The maximum atomic E-state index is 9.41. The molecule has 0 amide bonds. The Morgan fingerprint density at radius 2 is 1.24 bits per heavy atom. The van der Waals surface area contributed by atoms with Crippen molar-refractivity contribution in [3.05, 3.63) is 168 Å². The van der Waals surface area contributed by atoms with Gasteiger partial charge in [-0.3, -0.25) is 0 Å². The van der Waals surface area contributed by atoms with Gasteiger partial charge in [-0.25, -0.2) is 9.97 Å². The van der Waals surface area contributed by atoms with Crippen LogP contribution in [0.2, 0.25) is 0 Å². The van der Waals surface area contributed by atoms with E-state index >= 15 is 0 Å². The molecule has 0 saturated heterocycles. The lowest BCUT2D eigenvalue weighted by Gasteiger charge is -2.22. The monoisotopic (exact) mass is 656 g/mol. The van der Waals surface area contributed by atoms with Gasteiger partial charge in [0, 0.05) is 32.9 Å². The zero-order valence-electron chi connectivity index (χ0n) is 42.6. The van der Waals surface area contributed by atoms with Crippen LogP contribution in [0.4, 0.5) is 0 Å². The fourth-order valence-corrected chi connectivity index (χ4v) is 6.87. The lowest BCUT2D eigenvalue weighted by Crippen LogP contribution is -2.14. The van der Waals surface area contributed by atoms with Crippen LogP contribution in [0.25, 0.3) is 88.9 Å². The molecule has 10 rings (SSSR count). The number of para-hydroxylation sites is 1. The Hall–Kier alpha value is -6.32. The van der Waals surface area contributed by atoms with E-state index < -0.39 is 113 Å². The normalized spacial score (nSPS) is 17.6. The fraction of sp³-hybridized carbons (Fsp3) is 0.0638. The number of furan rings is 1. The number of benzene rings is 7. The highest BCUT2D eigenvalue weighted by atomic mass is 16.3. The summed E-state index contributed by atoms with van der Waals surface area (Å²) in [6.07, 6.45) is 0. The third-order valence-electron chi connectivity index (χ3n) is 9.31. The maximum Gasteiger partial charge on any atom is 0.160 e. The Bertz CT molecular complexity index is 3650. The summed E-state index contributed by atoms with van der Waals surface area (Å²) in [6.45, 7) is 4.20. The number of hydrogen-bond acceptors (Lipinski definition) is 3. The van der Waals surface area contributed by atoms with Gasteiger partial charge in [0.05, 0.1) is 33.3 Å². The van der Waals surface area contributed by atoms with Gasteiger partial charge in [-0.05, 0) is 80.5 Å². The lowest BCUT2D eigenvalue weighted by molar-refractivity contribution is 0.661. The molecule has 0 fully saturated rings. The highest BCUT2D eigenvalue weighted by Crippen LogP contribution is 2.53. The van der Waals surface area contributed by atoms with Crippen molar-refractivity contribution in [2.45, 2.75) is 19.3 Å². The minimum Gasteiger partial charge on any atom is -0.456 e. The molecular weight excluding hydrogens is 609 g/mol. The van der Waals surface area contributed by atoms with E-state index in [0.717, 1.165) is 33.0 Å². The van der Waals surface area contributed by atoms with Crippen LogP contribution in [0.15, 0.2) is 162 Å². The molecule has 50 heavy (non-hydrogen) atoms. The third kappa shape index (κ3) is 4.44. The van der Waals surface area contributed by atoms with Crippen LogP contribution in [0.3, 0.4) is 0 Å². The summed E-state index contributed by atoms with van der Waals surface area (Å²) in [5, 5.41) is 1.50. The number of hydrogen-bond donors (Lipinski definition) is 0. The fourth-order valence-electron chi connectivity index (χ4n) is 6.87. The van der Waals surface area contributed by atoms with Crippen LogP contribution in [-0.4, -0.2) is 9.97 Å². The summed E-state index contributed by atoms with van der Waals surface area (Å²) in [6, 6.07) is 8.87. The number of aromatic nitrogens is 2. The Balaban J connectivity index is 1.26. The van der Waals surface area contributed by atoms with Gasteiger partial charge in [0.25, 0.3) is 0 Å². The largest absolute Gasteiger partial charge is 0.456 e. The molecule has 7 aromatic carbocycles. The predicted octanol–water partition coefficient (Wildman–Crippen LogP) is 12.5. The summed E-state index contributed by atoms with van der Waals surface area (Å²) in [5.74, 6) is -0.350. The molecule has 9 aromatic rings. The Morgan fingerprint density at radius 1 is 0.540 bits per heavy atom. The summed E-state index contributed by atoms with van der Waals surface area (Å²) >= 11 is 0. The Kier molecular flexibility index (Phi) is 3.66. The molecule has 2 heterocycles. The third-order valence-corrected chi connectivity index (χ3v) is 9.31. The highest BCUT2D eigenvalue weighted by Gasteiger charge is 2.37. The van der Waals surface area contributed by atoms with E-state index in [2.05, 4.69) is 31.0 Å². The van der Waals surface area contributed by atoms with Gasteiger partial charge >= 0.3 is 0 Å². The van der Waals surface area contributed by atoms with E-state index in [-0.39, 0.29) is 50.3 Å². The van der Waals surface area contributed by atoms with E-state index in [4.69, 9.17) is 24.5 Å². The molecule has 0 aliphatic heterocycles. The van der Waals surface area contributed by atoms with Crippen molar-refractivity contribution in [1.29, 1.82) is 0 Å². The molecule has 0 bridgehead atoms. The van der Waals surface area contributed by atoms with Crippen molar-refractivity contribution < 1.29 is 26.3 Å². The van der Waals surface area contributed by atoms with Crippen molar-refractivity contribution in [3.63, 3.8) is 0 Å². The van der Waals surface area contributed by atoms with Gasteiger partial charge < -0.3 is 4.42 Å². The topological polar surface area (TPSA) is 38.9 Å². The van der Waals surface area contributed by atoms with Gasteiger partial charge in [0.1, 0.15) is 11.2 Å². The quantitative estimate of drug-likeness (QED) is 0.189. The van der Waals surface area contributed by atoms with Crippen molar-refractivity contribution in [2.24, 2.45) is 0 Å². The van der Waals surface area contributed by atoms with Crippen LogP contribution in [0.1, 0.15) is 46.9 Å². The van der Waals surface area contributed by atoms with E-state index in [1.807, 2.05) is 42.5 Å². The Labute approximate surface area is 313 Å². The van der Waals surface area contributed by atoms with Crippen LogP contribution in [0, 0.1) is 0 Å². The van der Waals surface area contributed by atoms with Crippen molar-refractivity contribution in [1.82, 2.24) is 9.97 Å². The molecule has 0 N–H and O–H groups in total. The molecule has 0 unspecified atom stereocenters. The van der Waals surface area contributed by atoms with Crippen molar-refractivity contribution in [2.75, 3.05) is 0 Å². The lowest BCUT2D eigenvalue weighted by atomic mass is 9.81. The van der Waals surface area contributed by atoms with E-state index in [9.17, 15) is 6.85 Å². The molecule has 0 atom stereocenters. The first kappa shape index (κ1) is 16.9. The average Bonchev–Trinajstić information content (AvgIpc) is 3.81. The highest BCUT2D eigenvalue weighted by molar-refractivity contribution is 6.06. The molecule has 1 aliphatic carbocycles. The summed E-state index contributed by atoms with van der Waals surface area (Å²) in [4.78, 5) is 9.46. The van der Waals surface area contributed by atoms with Crippen LogP contribution in [-0.2, 0) is 5.41 Å². The molecule has 3 heteroatoms. The van der Waals surface area contributed by atoms with Gasteiger partial charge in [-0.1, -0.05) is 135 Å². The first-order valence-corrected chi connectivity index (χ1v) is 15.9. The maximum absolute atomic E-state index is 9.41. The second-order valence-electron chi connectivity index (χ2n) is 12.6. The first-order valence-electron chi connectivity index (χ1n) is 23.9. The summed E-state index contributed by atoms with van der Waals surface area (Å²) in [7, 11) is 0. The summed E-state index contributed by atoms with van der Waals surface area (Å²) in [5.41, 5.74) is 1.20. The van der Waals surface area contributed by atoms with Gasteiger partial charge in [-0.15, -0.1) is 0 Å². The molecule has 236 valence electrons. The second-order valence-corrected chi connectivity index (χ2v) is 12.6. The minimum atomic E-state index is -0.742. The van der Waals surface area contributed by atoms with E-state index in [0.29, 0.717) is 5.56 Å². The molecule has 0 saturated carbocycles. The minimum absolute atomic E-state index is 0.180. The van der Waals surface area contributed by atoms with Crippen LogP contribution >= 0.6 is 0 Å². The number of rotatable bonds is 4. The van der Waals surface area contributed by atoms with Crippen molar-refractivity contribution in [3.8, 4) is 56.2 Å². The molecule has 0 radical (unpaired) electrons. The van der Waals surface area contributed by atoms with Crippen LogP contribution in [0.5, 0.6) is 0 Å². The molecule has 0 spiro atoms. The van der Waals surface area contributed by atoms with Gasteiger partial charge in [-0.2, -0.15) is 0 Å². The average molecular weight is 657 g/mol. The zero-order valence-corrected chi connectivity index (χ0v) is 26.6. The first-order chi connectivity index (χ1) is 31.2. The standard InChI is InChI=1S/C47H32N2O/c1-47(2)39-17-10-16-36(45(39)38-26-32-13-6-7-14-33(32)27-40(38)47)42-28-41(48-46(49-42)31-11-4-3-5-12-31)30-21-19-29(20-22-30)34-23-24-44-37(25-34)35-15-8-9-18-43(35)50-44/h3-28H,1-2H3/i3D,4D,5D,8D,9D,11D,12D,15D,18D,19D,20D,21D,22D,23D,24D,25D. The number of nitrogens with zero attached hydrogens (tertiary/aromatic N) is 2. The zero-order chi connectivity index (χ0) is 47.3. The van der Waals surface area contributed by atoms with Crippen LogP contribution < -0.4 is 0 Å². The molecule has 2 aromatic heterocycles. The van der Waals surface area contributed by atoms with E-state index in [1.54, 1.807) is 0 Å². The predicted molar refractivity (Wildman–Crippen MR) is 206 cm³/mol.